The third-order valence-electron chi connectivity index (χ3n) is 4.08. The number of esters is 1. The quantitative estimate of drug-likeness (QED) is 0.667. The van der Waals surface area contributed by atoms with Gasteiger partial charge in [-0.3, -0.25) is 4.98 Å². The Hall–Kier alpha value is -2.32. The standard InChI is InChI=1S/C16H17F3N2O4/c1-14(2,3)25-13(23)21-5-4-15(8-21)10-6-11(16(17,18)19)20-7-9(10)12(22)24-15/h6-7H,4-5,8H2,1-3H3. The van der Waals surface area contributed by atoms with Gasteiger partial charge in [-0.1, -0.05) is 0 Å². The molecule has 1 unspecified atom stereocenters. The molecule has 3 rings (SSSR count). The predicted octanol–water partition coefficient (Wildman–Crippen LogP) is 3.11. The zero-order chi connectivity index (χ0) is 18.6. The largest absolute Gasteiger partial charge is 0.449 e. The van der Waals surface area contributed by atoms with Gasteiger partial charge < -0.3 is 14.4 Å². The van der Waals surface area contributed by atoms with E-state index >= 15 is 0 Å². The molecule has 0 saturated carbocycles. The van der Waals surface area contributed by atoms with Crippen LogP contribution in [0.25, 0.3) is 0 Å². The van der Waals surface area contributed by atoms with Gasteiger partial charge in [-0.15, -0.1) is 0 Å². The molecule has 2 aliphatic heterocycles. The topological polar surface area (TPSA) is 68.7 Å². The molecule has 0 N–H and O–H groups in total. The van der Waals surface area contributed by atoms with Crippen LogP contribution in [0, 0.1) is 0 Å². The van der Waals surface area contributed by atoms with Crippen LogP contribution in [0.15, 0.2) is 12.3 Å². The molecule has 2 aliphatic rings. The van der Waals surface area contributed by atoms with E-state index in [1.165, 1.54) is 4.90 Å². The molecule has 1 aromatic rings. The molecule has 1 fully saturated rings. The third kappa shape index (κ3) is 3.14. The van der Waals surface area contributed by atoms with Gasteiger partial charge in [0.05, 0.1) is 12.1 Å². The molecule has 1 aromatic heterocycles. The van der Waals surface area contributed by atoms with Gasteiger partial charge >= 0.3 is 18.2 Å². The van der Waals surface area contributed by atoms with Crippen molar-refractivity contribution in [1.82, 2.24) is 9.88 Å². The maximum Gasteiger partial charge on any atom is 0.433 e. The molecule has 1 amide bonds. The maximum absolute atomic E-state index is 12.9. The first kappa shape index (κ1) is 17.5. The molecule has 3 heterocycles. The Morgan fingerprint density at radius 1 is 1.36 bits per heavy atom. The summed E-state index contributed by atoms with van der Waals surface area (Å²) in [5, 5.41) is 0. The van der Waals surface area contributed by atoms with Crippen LogP contribution in [0.5, 0.6) is 0 Å². The van der Waals surface area contributed by atoms with E-state index in [0.717, 1.165) is 12.3 Å². The number of hydrogen-bond acceptors (Lipinski definition) is 5. The van der Waals surface area contributed by atoms with Crippen LogP contribution in [-0.4, -0.2) is 40.6 Å². The molecule has 0 aromatic carbocycles. The lowest BCUT2D eigenvalue weighted by molar-refractivity contribution is -0.141. The van der Waals surface area contributed by atoms with Gasteiger partial charge in [-0.25, -0.2) is 9.59 Å². The van der Waals surface area contributed by atoms with E-state index in [1.54, 1.807) is 20.8 Å². The third-order valence-corrected chi connectivity index (χ3v) is 4.08. The normalized spacial score (nSPS) is 23.0. The predicted molar refractivity (Wildman–Crippen MR) is 78.8 cm³/mol. The van der Waals surface area contributed by atoms with Gasteiger partial charge in [-0.2, -0.15) is 13.2 Å². The number of alkyl halides is 3. The number of halogens is 3. The van der Waals surface area contributed by atoms with Crippen molar-refractivity contribution < 1.29 is 32.2 Å². The lowest BCUT2D eigenvalue weighted by Crippen LogP contribution is -2.38. The van der Waals surface area contributed by atoms with Crippen LogP contribution in [0.4, 0.5) is 18.0 Å². The molecule has 1 saturated heterocycles. The monoisotopic (exact) mass is 358 g/mol. The number of amides is 1. The van der Waals surface area contributed by atoms with Crippen molar-refractivity contribution in [2.45, 2.75) is 44.6 Å². The minimum absolute atomic E-state index is 0.000890. The SMILES string of the molecule is CC(C)(C)OC(=O)N1CCC2(C1)OC(=O)c1cnc(C(F)(F)F)cc12. The summed E-state index contributed by atoms with van der Waals surface area (Å²) in [6.07, 6.45) is -4.15. The van der Waals surface area contributed by atoms with E-state index in [1.807, 2.05) is 0 Å². The van der Waals surface area contributed by atoms with E-state index in [9.17, 15) is 22.8 Å². The Labute approximate surface area is 141 Å². The minimum atomic E-state index is -4.63. The molecule has 1 spiro atoms. The summed E-state index contributed by atoms with van der Waals surface area (Å²) < 4.78 is 49.5. The molecular weight excluding hydrogens is 341 g/mol. The first-order valence-electron chi connectivity index (χ1n) is 7.70. The van der Waals surface area contributed by atoms with Gasteiger partial charge in [0.15, 0.2) is 5.60 Å². The summed E-state index contributed by atoms with van der Waals surface area (Å²) >= 11 is 0. The average molecular weight is 358 g/mol. The highest BCUT2D eigenvalue weighted by atomic mass is 19.4. The molecule has 6 nitrogen and oxygen atoms in total. The number of fused-ring (bicyclic) bond motifs is 2. The Bertz CT molecular complexity index is 742. The Kier molecular flexibility index (Phi) is 3.74. The lowest BCUT2D eigenvalue weighted by atomic mass is 9.92. The van der Waals surface area contributed by atoms with E-state index in [0.29, 0.717) is 0 Å². The molecule has 9 heteroatoms. The number of nitrogens with zero attached hydrogens (tertiary/aromatic N) is 2. The zero-order valence-corrected chi connectivity index (χ0v) is 13.9. The van der Waals surface area contributed by atoms with E-state index in [4.69, 9.17) is 9.47 Å². The molecule has 136 valence electrons. The van der Waals surface area contributed by atoms with Crippen molar-refractivity contribution in [2.75, 3.05) is 13.1 Å². The van der Waals surface area contributed by atoms with E-state index < -0.39 is 35.1 Å². The second-order valence-electron chi connectivity index (χ2n) is 7.15. The second-order valence-corrected chi connectivity index (χ2v) is 7.15. The Morgan fingerprint density at radius 2 is 2.04 bits per heavy atom. The van der Waals surface area contributed by atoms with Gasteiger partial charge in [0.2, 0.25) is 0 Å². The Morgan fingerprint density at radius 3 is 2.64 bits per heavy atom. The smallest absolute Gasteiger partial charge is 0.433 e. The van der Waals surface area contributed by atoms with Crippen molar-refractivity contribution in [3.05, 3.63) is 29.1 Å². The first-order chi connectivity index (χ1) is 11.4. The number of hydrogen-bond donors (Lipinski definition) is 0. The van der Waals surface area contributed by atoms with Crippen LogP contribution < -0.4 is 0 Å². The van der Waals surface area contributed by atoms with Crippen LogP contribution in [0.3, 0.4) is 0 Å². The summed E-state index contributed by atoms with van der Waals surface area (Å²) in [5.74, 6) is -0.734. The molecule has 0 radical (unpaired) electrons. The van der Waals surface area contributed by atoms with E-state index in [-0.39, 0.29) is 30.6 Å². The number of pyridine rings is 1. The van der Waals surface area contributed by atoms with Crippen LogP contribution >= 0.6 is 0 Å². The maximum atomic E-state index is 12.9. The number of carbonyl (C=O) groups is 2. The van der Waals surface area contributed by atoms with Crippen LogP contribution in [0.2, 0.25) is 0 Å². The highest BCUT2D eigenvalue weighted by Crippen LogP contribution is 2.44. The van der Waals surface area contributed by atoms with Gasteiger partial charge in [0.25, 0.3) is 0 Å². The summed E-state index contributed by atoms with van der Waals surface area (Å²) in [6, 6.07) is 0.832. The minimum Gasteiger partial charge on any atom is -0.449 e. The molecule has 1 atom stereocenters. The van der Waals surface area contributed by atoms with Crippen LogP contribution in [0.1, 0.15) is 48.8 Å². The van der Waals surface area contributed by atoms with E-state index in [2.05, 4.69) is 4.98 Å². The summed E-state index contributed by atoms with van der Waals surface area (Å²) in [6.45, 7) is 5.29. The lowest BCUT2D eigenvalue weighted by Gasteiger charge is -2.26. The highest BCUT2D eigenvalue weighted by Gasteiger charge is 2.52. The number of ether oxygens (including phenoxy) is 2. The fourth-order valence-corrected chi connectivity index (χ4v) is 3.00. The van der Waals surface area contributed by atoms with Gasteiger partial charge in [-0.05, 0) is 26.8 Å². The first-order valence-corrected chi connectivity index (χ1v) is 7.70. The fourth-order valence-electron chi connectivity index (χ4n) is 3.00. The average Bonchev–Trinajstić information content (AvgIpc) is 3.00. The number of carbonyl (C=O) groups excluding carboxylic acids is 2. The summed E-state index contributed by atoms with van der Waals surface area (Å²) in [5.41, 5.74) is -2.97. The molecule has 0 aliphatic carbocycles. The summed E-state index contributed by atoms with van der Waals surface area (Å²) in [7, 11) is 0. The fraction of sp³-hybridized carbons (Fsp3) is 0.562. The van der Waals surface area contributed by atoms with Crippen molar-refractivity contribution in [3.8, 4) is 0 Å². The molecule has 0 bridgehead atoms. The van der Waals surface area contributed by atoms with Crippen LogP contribution in [-0.2, 0) is 21.3 Å². The molecule has 25 heavy (non-hydrogen) atoms. The van der Waals surface area contributed by atoms with Crippen molar-refractivity contribution in [3.63, 3.8) is 0 Å². The zero-order valence-electron chi connectivity index (χ0n) is 13.9. The molecular formula is C16H17F3N2O4. The number of rotatable bonds is 0. The summed E-state index contributed by atoms with van der Waals surface area (Å²) in [4.78, 5) is 28.8. The highest BCUT2D eigenvalue weighted by molar-refractivity contribution is 5.94. The van der Waals surface area contributed by atoms with Gasteiger partial charge in [0.1, 0.15) is 11.3 Å². The second kappa shape index (κ2) is 5.34. The van der Waals surface area contributed by atoms with Crippen molar-refractivity contribution in [1.29, 1.82) is 0 Å². The Balaban J connectivity index is 1.91. The number of likely N-dealkylation sites (tertiary alicyclic amines) is 1. The van der Waals surface area contributed by atoms with Gasteiger partial charge in [0, 0.05) is 24.7 Å². The number of aromatic nitrogens is 1. The van der Waals surface area contributed by atoms with Crippen molar-refractivity contribution in [2.24, 2.45) is 0 Å². The van der Waals surface area contributed by atoms with Crippen molar-refractivity contribution >= 4 is 12.1 Å².